The van der Waals surface area contributed by atoms with Gasteiger partial charge in [-0.2, -0.15) is 0 Å². The quantitative estimate of drug-likeness (QED) is 0.782. The Balaban J connectivity index is 1.47. The lowest BCUT2D eigenvalue weighted by atomic mass is 10.1. The molecular formula is C23H29N3O3. The Morgan fingerprint density at radius 1 is 1.00 bits per heavy atom. The Hall–Kier alpha value is -2.86. The molecular weight excluding hydrogens is 366 g/mol. The van der Waals surface area contributed by atoms with Crippen molar-refractivity contribution in [3.8, 4) is 5.75 Å². The van der Waals surface area contributed by atoms with Gasteiger partial charge >= 0.3 is 0 Å². The molecule has 1 aliphatic heterocycles. The number of hydrogen-bond donors (Lipinski definition) is 1. The number of carbonyl (C=O) groups is 2. The van der Waals surface area contributed by atoms with Crippen LogP contribution in [0.4, 0.5) is 0 Å². The molecule has 1 heterocycles. The van der Waals surface area contributed by atoms with Crippen molar-refractivity contribution in [3.63, 3.8) is 0 Å². The molecule has 1 N–H and O–H groups in total. The van der Waals surface area contributed by atoms with E-state index in [0.29, 0.717) is 57.2 Å². The highest BCUT2D eigenvalue weighted by Crippen LogP contribution is 2.20. The molecule has 0 atom stereocenters. The molecule has 0 bridgehead atoms. The number of piperazine rings is 1. The fraction of sp³-hybridized carbons (Fsp3) is 0.391. The number of amides is 2. The minimum absolute atomic E-state index is 0.00900. The Morgan fingerprint density at radius 3 is 2.41 bits per heavy atom. The fourth-order valence-corrected chi connectivity index (χ4v) is 3.47. The van der Waals surface area contributed by atoms with E-state index in [0.717, 1.165) is 5.56 Å². The van der Waals surface area contributed by atoms with Crippen molar-refractivity contribution in [1.29, 1.82) is 0 Å². The molecule has 1 fully saturated rings. The third kappa shape index (κ3) is 5.57. The van der Waals surface area contributed by atoms with Crippen LogP contribution in [0.15, 0.2) is 48.5 Å². The minimum Gasteiger partial charge on any atom is -0.493 e. The van der Waals surface area contributed by atoms with Gasteiger partial charge in [-0.3, -0.25) is 14.5 Å². The zero-order valence-electron chi connectivity index (χ0n) is 17.2. The maximum Gasteiger partial charge on any atom is 0.257 e. The molecule has 2 aromatic carbocycles. The molecule has 0 unspecified atom stereocenters. The van der Waals surface area contributed by atoms with Crippen LogP contribution in [0.25, 0.3) is 0 Å². The molecule has 0 saturated carbocycles. The SMILES string of the molecule is CCOc1ccccc1C(=O)N1CCN(CC(=O)NCc2ccccc2C)CC1. The second-order valence-electron chi connectivity index (χ2n) is 7.20. The molecule has 2 amide bonds. The molecule has 1 saturated heterocycles. The topological polar surface area (TPSA) is 61.9 Å². The van der Waals surface area contributed by atoms with E-state index in [2.05, 4.69) is 10.2 Å². The lowest BCUT2D eigenvalue weighted by molar-refractivity contribution is -0.122. The van der Waals surface area contributed by atoms with Crippen molar-refractivity contribution in [2.45, 2.75) is 20.4 Å². The summed E-state index contributed by atoms with van der Waals surface area (Å²) in [7, 11) is 0. The van der Waals surface area contributed by atoms with Crippen molar-refractivity contribution in [3.05, 3.63) is 65.2 Å². The van der Waals surface area contributed by atoms with Gasteiger partial charge < -0.3 is 15.0 Å². The van der Waals surface area contributed by atoms with Crippen molar-refractivity contribution >= 4 is 11.8 Å². The van der Waals surface area contributed by atoms with Crippen LogP contribution in [0.2, 0.25) is 0 Å². The summed E-state index contributed by atoms with van der Waals surface area (Å²) in [6, 6.07) is 15.4. The number of aryl methyl sites for hydroxylation is 1. The standard InChI is InChI=1S/C23H29N3O3/c1-3-29-21-11-7-6-10-20(21)23(28)26-14-12-25(13-15-26)17-22(27)24-16-19-9-5-4-8-18(19)2/h4-11H,3,12-17H2,1-2H3,(H,24,27). The van der Waals surface area contributed by atoms with E-state index in [4.69, 9.17) is 4.74 Å². The van der Waals surface area contributed by atoms with Crippen molar-refractivity contribution in [2.24, 2.45) is 0 Å². The Kier molecular flexibility index (Phi) is 7.25. The molecule has 6 nitrogen and oxygen atoms in total. The van der Waals surface area contributed by atoms with Gasteiger partial charge in [0.1, 0.15) is 5.75 Å². The number of para-hydroxylation sites is 1. The molecule has 0 aromatic heterocycles. The average Bonchev–Trinajstić information content (AvgIpc) is 2.74. The summed E-state index contributed by atoms with van der Waals surface area (Å²) in [4.78, 5) is 29.1. The van der Waals surface area contributed by atoms with Gasteiger partial charge in [-0.15, -0.1) is 0 Å². The maximum absolute atomic E-state index is 12.9. The minimum atomic E-state index is -0.0160. The summed E-state index contributed by atoms with van der Waals surface area (Å²) < 4.78 is 5.58. The zero-order valence-corrected chi connectivity index (χ0v) is 17.2. The lowest BCUT2D eigenvalue weighted by Gasteiger charge is -2.34. The van der Waals surface area contributed by atoms with Gasteiger partial charge in [0.15, 0.2) is 0 Å². The molecule has 0 aliphatic carbocycles. The third-order valence-corrected chi connectivity index (χ3v) is 5.18. The molecule has 1 aliphatic rings. The van der Waals surface area contributed by atoms with Crippen LogP contribution < -0.4 is 10.1 Å². The van der Waals surface area contributed by atoms with Gasteiger partial charge in [-0.05, 0) is 37.1 Å². The van der Waals surface area contributed by atoms with E-state index in [-0.39, 0.29) is 11.8 Å². The van der Waals surface area contributed by atoms with E-state index in [1.165, 1.54) is 5.56 Å². The number of rotatable bonds is 7. The van der Waals surface area contributed by atoms with Gasteiger partial charge in [0.2, 0.25) is 5.91 Å². The summed E-state index contributed by atoms with van der Waals surface area (Å²) in [5, 5.41) is 2.99. The van der Waals surface area contributed by atoms with E-state index in [1.54, 1.807) is 6.07 Å². The van der Waals surface area contributed by atoms with E-state index < -0.39 is 0 Å². The van der Waals surface area contributed by atoms with E-state index in [1.807, 2.05) is 61.2 Å². The third-order valence-electron chi connectivity index (χ3n) is 5.18. The van der Waals surface area contributed by atoms with E-state index >= 15 is 0 Å². The van der Waals surface area contributed by atoms with Crippen molar-refractivity contribution in [2.75, 3.05) is 39.3 Å². The first kappa shape index (κ1) is 20.9. The van der Waals surface area contributed by atoms with Gasteiger partial charge in [-0.1, -0.05) is 36.4 Å². The first-order valence-electron chi connectivity index (χ1n) is 10.1. The molecule has 6 heteroatoms. The molecule has 3 rings (SSSR count). The highest BCUT2D eigenvalue weighted by atomic mass is 16.5. The lowest BCUT2D eigenvalue weighted by Crippen LogP contribution is -2.51. The van der Waals surface area contributed by atoms with E-state index in [9.17, 15) is 9.59 Å². The predicted octanol–water partition coefficient (Wildman–Crippen LogP) is 2.47. The Bertz CT molecular complexity index is 845. The summed E-state index contributed by atoms with van der Waals surface area (Å²) in [6.07, 6.45) is 0. The first-order chi connectivity index (χ1) is 14.1. The highest BCUT2D eigenvalue weighted by molar-refractivity contribution is 5.97. The van der Waals surface area contributed by atoms with Gasteiger partial charge in [0.25, 0.3) is 5.91 Å². The number of nitrogens with zero attached hydrogens (tertiary/aromatic N) is 2. The van der Waals surface area contributed by atoms with Crippen LogP contribution >= 0.6 is 0 Å². The molecule has 2 aromatic rings. The van der Waals surface area contributed by atoms with Crippen LogP contribution in [0.3, 0.4) is 0 Å². The van der Waals surface area contributed by atoms with Crippen LogP contribution in [0, 0.1) is 6.92 Å². The normalized spacial score (nSPS) is 14.5. The first-order valence-corrected chi connectivity index (χ1v) is 10.1. The van der Waals surface area contributed by atoms with Crippen LogP contribution in [-0.2, 0) is 11.3 Å². The zero-order chi connectivity index (χ0) is 20.6. The number of carbonyl (C=O) groups excluding carboxylic acids is 2. The molecule has 0 spiro atoms. The summed E-state index contributed by atoms with van der Waals surface area (Å²) >= 11 is 0. The van der Waals surface area contributed by atoms with Crippen molar-refractivity contribution in [1.82, 2.24) is 15.1 Å². The summed E-state index contributed by atoms with van der Waals surface area (Å²) in [5.74, 6) is 0.616. The second-order valence-corrected chi connectivity index (χ2v) is 7.20. The smallest absolute Gasteiger partial charge is 0.257 e. The van der Waals surface area contributed by atoms with Crippen molar-refractivity contribution < 1.29 is 14.3 Å². The Labute approximate surface area is 172 Å². The van der Waals surface area contributed by atoms with Gasteiger partial charge in [0.05, 0.1) is 18.7 Å². The fourth-order valence-electron chi connectivity index (χ4n) is 3.47. The molecule has 154 valence electrons. The number of hydrogen-bond acceptors (Lipinski definition) is 4. The second kappa shape index (κ2) is 10.1. The average molecular weight is 396 g/mol. The number of ether oxygens (including phenoxy) is 1. The Morgan fingerprint density at radius 2 is 1.69 bits per heavy atom. The van der Waals surface area contributed by atoms with Crippen LogP contribution in [0.1, 0.15) is 28.4 Å². The number of benzene rings is 2. The van der Waals surface area contributed by atoms with Crippen LogP contribution in [-0.4, -0.2) is 60.9 Å². The molecule has 0 radical (unpaired) electrons. The largest absolute Gasteiger partial charge is 0.493 e. The number of nitrogens with one attached hydrogen (secondary N) is 1. The summed E-state index contributed by atoms with van der Waals surface area (Å²) in [5.41, 5.74) is 2.90. The monoisotopic (exact) mass is 395 g/mol. The van der Waals surface area contributed by atoms with Gasteiger partial charge in [0, 0.05) is 32.7 Å². The molecule has 29 heavy (non-hydrogen) atoms. The van der Waals surface area contributed by atoms with Crippen LogP contribution in [0.5, 0.6) is 5.75 Å². The summed E-state index contributed by atoms with van der Waals surface area (Å²) in [6.45, 7) is 7.93. The predicted molar refractivity (Wildman–Crippen MR) is 113 cm³/mol. The highest BCUT2D eigenvalue weighted by Gasteiger charge is 2.25. The van der Waals surface area contributed by atoms with Gasteiger partial charge in [-0.25, -0.2) is 0 Å². The maximum atomic E-state index is 12.9.